The van der Waals surface area contributed by atoms with Crippen molar-refractivity contribution in [1.82, 2.24) is 19.7 Å². The van der Waals surface area contributed by atoms with E-state index in [4.69, 9.17) is 16.3 Å². The number of hydrogen-bond acceptors (Lipinski definition) is 4. The Morgan fingerprint density at radius 3 is 2.74 bits per heavy atom. The molecule has 0 amide bonds. The Labute approximate surface area is 116 Å². The first kappa shape index (κ1) is 12.6. The highest BCUT2D eigenvalue weighted by Gasteiger charge is 2.21. The van der Waals surface area contributed by atoms with E-state index in [1.165, 1.54) is 0 Å². The highest BCUT2D eigenvalue weighted by atomic mass is 35.5. The van der Waals surface area contributed by atoms with Gasteiger partial charge in [-0.2, -0.15) is 5.10 Å². The Balaban J connectivity index is 2.18. The highest BCUT2D eigenvalue weighted by molar-refractivity contribution is 6.30. The highest BCUT2D eigenvalue weighted by Crippen LogP contribution is 2.28. The predicted molar refractivity (Wildman–Crippen MR) is 72.1 cm³/mol. The molecule has 19 heavy (non-hydrogen) atoms. The SMILES string of the molecule is Cc1nn(C)c(C)c1-c1nc(Cl)c2c(n1)CCOC2. The Morgan fingerprint density at radius 2 is 2.05 bits per heavy atom. The Bertz CT molecular complexity index is 651. The molecule has 0 bridgehead atoms. The summed E-state index contributed by atoms with van der Waals surface area (Å²) in [6, 6.07) is 0. The molecular weight excluding hydrogens is 264 g/mol. The third-order valence-electron chi connectivity index (χ3n) is 3.50. The van der Waals surface area contributed by atoms with Crippen LogP contribution in [0.4, 0.5) is 0 Å². The summed E-state index contributed by atoms with van der Waals surface area (Å²) in [6.07, 6.45) is 0.781. The minimum Gasteiger partial charge on any atom is -0.376 e. The molecule has 100 valence electrons. The van der Waals surface area contributed by atoms with Crippen molar-refractivity contribution >= 4 is 11.6 Å². The summed E-state index contributed by atoms with van der Waals surface area (Å²) in [5.74, 6) is 0.661. The predicted octanol–water partition coefficient (Wildman–Crippen LogP) is 2.22. The monoisotopic (exact) mass is 278 g/mol. The molecule has 0 N–H and O–H groups in total. The van der Waals surface area contributed by atoms with Crippen LogP contribution in [-0.2, 0) is 24.8 Å². The fourth-order valence-corrected chi connectivity index (χ4v) is 2.65. The van der Waals surface area contributed by atoms with E-state index in [9.17, 15) is 0 Å². The third kappa shape index (κ3) is 2.03. The van der Waals surface area contributed by atoms with Gasteiger partial charge in [-0.25, -0.2) is 9.97 Å². The van der Waals surface area contributed by atoms with E-state index < -0.39 is 0 Å². The van der Waals surface area contributed by atoms with Crippen LogP contribution in [0.1, 0.15) is 22.6 Å². The summed E-state index contributed by atoms with van der Waals surface area (Å²) in [4.78, 5) is 9.06. The molecular formula is C13H15ClN4O. The van der Waals surface area contributed by atoms with Crippen LogP contribution in [0.2, 0.25) is 5.15 Å². The minimum atomic E-state index is 0.488. The molecule has 3 heterocycles. The van der Waals surface area contributed by atoms with Gasteiger partial charge in [0.1, 0.15) is 5.15 Å². The zero-order valence-corrected chi connectivity index (χ0v) is 12.0. The number of ether oxygens (including phenoxy) is 1. The molecule has 5 nitrogen and oxygen atoms in total. The van der Waals surface area contributed by atoms with Gasteiger partial charge in [0.25, 0.3) is 0 Å². The normalized spacial score (nSPS) is 14.5. The van der Waals surface area contributed by atoms with Crippen LogP contribution in [-0.4, -0.2) is 26.4 Å². The van der Waals surface area contributed by atoms with E-state index in [1.807, 2.05) is 25.6 Å². The zero-order valence-electron chi connectivity index (χ0n) is 11.2. The van der Waals surface area contributed by atoms with E-state index in [0.717, 1.165) is 34.6 Å². The van der Waals surface area contributed by atoms with Crippen LogP contribution in [0.25, 0.3) is 11.4 Å². The Hall–Kier alpha value is -1.46. The topological polar surface area (TPSA) is 52.8 Å². The molecule has 0 spiro atoms. The van der Waals surface area contributed by atoms with Crippen LogP contribution < -0.4 is 0 Å². The molecule has 0 aromatic carbocycles. The molecule has 0 radical (unpaired) electrons. The number of hydrogen-bond donors (Lipinski definition) is 0. The fourth-order valence-electron chi connectivity index (χ4n) is 2.40. The van der Waals surface area contributed by atoms with Crippen molar-refractivity contribution in [3.05, 3.63) is 27.8 Å². The van der Waals surface area contributed by atoms with E-state index >= 15 is 0 Å². The number of aromatic nitrogens is 4. The quantitative estimate of drug-likeness (QED) is 0.751. The summed E-state index contributed by atoms with van der Waals surface area (Å²) >= 11 is 6.25. The van der Waals surface area contributed by atoms with Crippen molar-refractivity contribution in [3.8, 4) is 11.4 Å². The second kappa shape index (κ2) is 4.58. The van der Waals surface area contributed by atoms with Gasteiger partial charge >= 0.3 is 0 Å². The van der Waals surface area contributed by atoms with Crippen LogP contribution in [0, 0.1) is 13.8 Å². The van der Waals surface area contributed by atoms with Crippen LogP contribution in [0.5, 0.6) is 0 Å². The maximum absolute atomic E-state index is 6.25. The lowest BCUT2D eigenvalue weighted by atomic mass is 10.1. The number of fused-ring (bicyclic) bond motifs is 1. The van der Waals surface area contributed by atoms with Gasteiger partial charge in [0, 0.05) is 24.7 Å². The second-order valence-electron chi connectivity index (χ2n) is 4.74. The van der Waals surface area contributed by atoms with E-state index in [2.05, 4.69) is 15.1 Å². The summed E-state index contributed by atoms with van der Waals surface area (Å²) in [6.45, 7) is 5.15. The van der Waals surface area contributed by atoms with Crippen molar-refractivity contribution in [2.75, 3.05) is 6.61 Å². The first-order valence-corrected chi connectivity index (χ1v) is 6.59. The third-order valence-corrected chi connectivity index (χ3v) is 3.82. The van der Waals surface area contributed by atoms with Gasteiger partial charge in [0.2, 0.25) is 0 Å². The van der Waals surface area contributed by atoms with Gasteiger partial charge in [-0.05, 0) is 13.8 Å². The van der Waals surface area contributed by atoms with Gasteiger partial charge in [0.05, 0.1) is 30.2 Å². The first-order chi connectivity index (χ1) is 9.08. The fraction of sp³-hybridized carbons (Fsp3) is 0.462. The van der Waals surface area contributed by atoms with Crippen molar-refractivity contribution in [1.29, 1.82) is 0 Å². The van der Waals surface area contributed by atoms with Crippen molar-refractivity contribution < 1.29 is 4.74 Å². The lowest BCUT2D eigenvalue weighted by Gasteiger charge is -2.17. The zero-order chi connectivity index (χ0) is 13.6. The van der Waals surface area contributed by atoms with E-state index in [1.54, 1.807) is 0 Å². The maximum Gasteiger partial charge on any atom is 0.164 e. The summed E-state index contributed by atoms with van der Waals surface area (Å²) in [5, 5.41) is 4.89. The van der Waals surface area contributed by atoms with Gasteiger partial charge in [-0.3, -0.25) is 4.68 Å². The molecule has 0 aliphatic carbocycles. The average molecular weight is 279 g/mol. The molecule has 2 aromatic heterocycles. The molecule has 2 aromatic rings. The lowest BCUT2D eigenvalue weighted by Crippen LogP contribution is -2.14. The smallest absolute Gasteiger partial charge is 0.164 e. The molecule has 0 atom stereocenters. The van der Waals surface area contributed by atoms with Gasteiger partial charge in [-0.1, -0.05) is 11.6 Å². The molecule has 0 fully saturated rings. The molecule has 0 saturated carbocycles. The van der Waals surface area contributed by atoms with Gasteiger partial charge in [0.15, 0.2) is 5.82 Å². The Morgan fingerprint density at radius 1 is 1.26 bits per heavy atom. The number of halogens is 1. The molecule has 3 rings (SSSR count). The van der Waals surface area contributed by atoms with Crippen molar-refractivity contribution in [3.63, 3.8) is 0 Å². The van der Waals surface area contributed by atoms with Crippen LogP contribution in [0.3, 0.4) is 0 Å². The van der Waals surface area contributed by atoms with Crippen molar-refractivity contribution in [2.24, 2.45) is 7.05 Å². The Kier molecular flexibility index (Phi) is 3.03. The van der Waals surface area contributed by atoms with E-state index in [0.29, 0.717) is 24.2 Å². The number of aryl methyl sites for hydroxylation is 2. The maximum atomic E-state index is 6.25. The van der Waals surface area contributed by atoms with E-state index in [-0.39, 0.29) is 0 Å². The minimum absolute atomic E-state index is 0.488. The largest absolute Gasteiger partial charge is 0.376 e. The lowest BCUT2D eigenvalue weighted by molar-refractivity contribution is 0.109. The first-order valence-electron chi connectivity index (χ1n) is 6.21. The van der Waals surface area contributed by atoms with Crippen LogP contribution >= 0.6 is 11.6 Å². The summed E-state index contributed by atoms with van der Waals surface area (Å²) < 4.78 is 7.23. The van der Waals surface area contributed by atoms with Crippen LogP contribution in [0.15, 0.2) is 0 Å². The summed E-state index contributed by atoms with van der Waals surface area (Å²) in [7, 11) is 1.92. The molecule has 1 aliphatic rings. The van der Waals surface area contributed by atoms with Gasteiger partial charge in [-0.15, -0.1) is 0 Å². The molecule has 1 aliphatic heterocycles. The number of rotatable bonds is 1. The average Bonchev–Trinajstić information content (AvgIpc) is 2.63. The van der Waals surface area contributed by atoms with Gasteiger partial charge < -0.3 is 4.74 Å². The number of nitrogens with zero attached hydrogens (tertiary/aromatic N) is 4. The molecule has 0 saturated heterocycles. The molecule has 6 heteroatoms. The second-order valence-corrected chi connectivity index (χ2v) is 5.09. The standard InChI is InChI=1S/C13H15ClN4O/c1-7-11(8(2)18(3)17-7)13-15-10-4-5-19-6-9(10)12(14)16-13/h4-6H2,1-3H3. The summed E-state index contributed by atoms with van der Waals surface area (Å²) in [5.41, 5.74) is 4.84. The van der Waals surface area contributed by atoms with Crippen molar-refractivity contribution in [2.45, 2.75) is 26.9 Å². The molecule has 0 unspecified atom stereocenters.